The highest BCUT2D eigenvalue weighted by Gasteiger charge is 2.27. The SMILES string of the molecule is COc1ccc(-c2noc(N3CCC(C(=O)Nc4ccc(OC)c(Cl)c4)CC3)n2)cc1. The third-order valence-electron chi connectivity index (χ3n) is 5.32. The Morgan fingerprint density at radius 2 is 1.87 bits per heavy atom. The maximum absolute atomic E-state index is 12.7. The molecule has 1 fully saturated rings. The summed E-state index contributed by atoms with van der Waals surface area (Å²) in [6.07, 6.45) is 1.38. The van der Waals surface area contributed by atoms with Crippen molar-refractivity contribution in [3.8, 4) is 22.9 Å². The number of nitrogens with zero attached hydrogens (tertiary/aromatic N) is 3. The topological polar surface area (TPSA) is 89.7 Å². The van der Waals surface area contributed by atoms with Crippen molar-refractivity contribution in [1.82, 2.24) is 10.1 Å². The van der Waals surface area contributed by atoms with Gasteiger partial charge in [0.25, 0.3) is 0 Å². The van der Waals surface area contributed by atoms with E-state index >= 15 is 0 Å². The molecule has 1 aliphatic heterocycles. The van der Waals surface area contributed by atoms with Gasteiger partial charge in [0.2, 0.25) is 11.7 Å². The highest BCUT2D eigenvalue weighted by Crippen LogP contribution is 2.29. The summed E-state index contributed by atoms with van der Waals surface area (Å²) in [5.41, 5.74) is 1.50. The van der Waals surface area contributed by atoms with Gasteiger partial charge in [0, 0.05) is 30.3 Å². The number of carbonyl (C=O) groups is 1. The minimum absolute atomic E-state index is 0.0228. The first-order valence-corrected chi connectivity index (χ1v) is 10.3. The van der Waals surface area contributed by atoms with Crippen LogP contribution in [0.3, 0.4) is 0 Å². The predicted molar refractivity (Wildman–Crippen MR) is 118 cm³/mol. The number of nitrogens with one attached hydrogen (secondary N) is 1. The van der Waals surface area contributed by atoms with Gasteiger partial charge in [-0.1, -0.05) is 16.8 Å². The molecule has 31 heavy (non-hydrogen) atoms. The van der Waals surface area contributed by atoms with Crippen molar-refractivity contribution >= 4 is 29.2 Å². The molecule has 0 spiro atoms. The van der Waals surface area contributed by atoms with E-state index in [1.165, 1.54) is 0 Å². The Labute approximate surface area is 185 Å². The number of rotatable bonds is 6. The number of piperidine rings is 1. The third-order valence-corrected chi connectivity index (χ3v) is 5.61. The van der Waals surface area contributed by atoms with Crippen LogP contribution < -0.4 is 19.7 Å². The smallest absolute Gasteiger partial charge is 0.324 e. The molecule has 0 bridgehead atoms. The van der Waals surface area contributed by atoms with Crippen molar-refractivity contribution in [2.24, 2.45) is 5.92 Å². The van der Waals surface area contributed by atoms with Crippen molar-refractivity contribution in [3.05, 3.63) is 47.5 Å². The van der Waals surface area contributed by atoms with Crippen LogP contribution in [0.25, 0.3) is 11.4 Å². The van der Waals surface area contributed by atoms with Gasteiger partial charge in [0.05, 0.1) is 19.2 Å². The van der Waals surface area contributed by atoms with Crippen LogP contribution in [-0.2, 0) is 4.79 Å². The van der Waals surface area contributed by atoms with Crippen LogP contribution in [0.1, 0.15) is 12.8 Å². The lowest BCUT2D eigenvalue weighted by Gasteiger charge is -2.29. The number of hydrogen-bond acceptors (Lipinski definition) is 7. The summed E-state index contributed by atoms with van der Waals surface area (Å²) in [4.78, 5) is 19.2. The van der Waals surface area contributed by atoms with Crippen molar-refractivity contribution in [1.29, 1.82) is 0 Å². The van der Waals surface area contributed by atoms with Crippen LogP contribution in [0.15, 0.2) is 47.0 Å². The third kappa shape index (κ3) is 4.74. The molecule has 1 saturated heterocycles. The van der Waals surface area contributed by atoms with Crippen LogP contribution in [0.2, 0.25) is 5.02 Å². The molecule has 1 aromatic heterocycles. The molecule has 0 aliphatic carbocycles. The molecule has 2 aromatic carbocycles. The first-order chi connectivity index (χ1) is 15.1. The maximum Gasteiger partial charge on any atom is 0.324 e. The first-order valence-electron chi connectivity index (χ1n) is 9.95. The Morgan fingerprint density at radius 1 is 1.13 bits per heavy atom. The van der Waals surface area contributed by atoms with Gasteiger partial charge in [0.1, 0.15) is 11.5 Å². The molecule has 162 valence electrons. The summed E-state index contributed by atoms with van der Waals surface area (Å²) in [7, 11) is 3.17. The molecule has 0 saturated carbocycles. The molecular formula is C22H23ClN4O4. The number of anilines is 2. The minimum Gasteiger partial charge on any atom is -0.497 e. The minimum atomic E-state index is -0.0962. The molecule has 0 atom stereocenters. The first kappa shape index (κ1) is 21.0. The highest BCUT2D eigenvalue weighted by atomic mass is 35.5. The lowest BCUT2D eigenvalue weighted by Crippen LogP contribution is -2.38. The van der Waals surface area contributed by atoms with Crippen LogP contribution in [0.5, 0.6) is 11.5 Å². The van der Waals surface area contributed by atoms with Gasteiger partial charge in [0.15, 0.2) is 0 Å². The fourth-order valence-corrected chi connectivity index (χ4v) is 3.78. The van der Waals surface area contributed by atoms with Gasteiger partial charge in [-0.25, -0.2) is 0 Å². The predicted octanol–water partition coefficient (Wildman–Crippen LogP) is 4.26. The number of methoxy groups -OCH3 is 2. The second-order valence-corrected chi connectivity index (χ2v) is 7.64. The second-order valence-electron chi connectivity index (χ2n) is 7.23. The number of amides is 1. The van der Waals surface area contributed by atoms with E-state index in [-0.39, 0.29) is 11.8 Å². The molecule has 1 amide bonds. The van der Waals surface area contributed by atoms with E-state index in [1.807, 2.05) is 29.2 Å². The lowest BCUT2D eigenvalue weighted by molar-refractivity contribution is -0.120. The zero-order valence-corrected chi connectivity index (χ0v) is 18.1. The number of hydrogen-bond donors (Lipinski definition) is 1. The van der Waals surface area contributed by atoms with Crippen molar-refractivity contribution in [2.45, 2.75) is 12.8 Å². The van der Waals surface area contributed by atoms with Gasteiger partial charge < -0.3 is 24.2 Å². The Morgan fingerprint density at radius 3 is 2.52 bits per heavy atom. The summed E-state index contributed by atoms with van der Waals surface area (Å²) in [5, 5.41) is 7.47. The number of aromatic nitrogens is 2. The van der Waals surface area contributed by atoms with E-state index in [0.717, 1.165) is 11.3 Å². The summed E-state index contributed by atoms with van der Waals surface area (Å²) in [6, 6.07) is 13.1. The van der Waals surface area contributed by atoms with Gasteiger partial charge >= 0.3 is 6.01 Å². The van der Waals surface area contributed by atoms with E-state index < -0.39 is 0 Å². The van der Waals surface area contributed by atoms with E-state index in [1.54, 1.807) is 32.4 Å². The Bertz CT molecular complexity index is 1050. The maximum atomic E-state index is 12.7. The highest BCUT2D eigenvalue weighted by molar-refractivity contribution is 6.32. The van der Waals surface area contributed by atoms with Crippen molar-refractivity contribution in [2.75, 3.05) is 37.5 Å². The van der Waals surface area contributed by atoms with Gasteiger partial charge in [-0.15, -0.1) is 0 Å². The summed E-state index contributed by atoms with van der Waals surface area (Å²) >= 11 is 6.13. The standard InChI is InChI=1S/C22H23ClN4O4/c1-29-17-6-3-14(4-7-17)20-25-22(31-26-20)27-11-9-15(10-12-27)21(28)24-16-5-8-19(30-2)18(23)13-16/h3-8,13,15H,9-12H2,1-2H3,(H,24,28). The van der Waals surface area contributed by atoms with Crippen LogP contribution in [0, 0.1) is 5.92 Å². The molecule has 8 nitrogen and oxygen atoms in total. The molecular weight excluding hydrogens is 420 g/mol. The number of carbonyl (C=O) groups excluding carboxylic acids is 1. The van der Waals surface area contributed by atoms with Crippen LogP contribution >= 0.6 is 11.6 Å². The number of benzene rings is 2. The van der Waals surface area contributed by atoms with Gasteiger partial charge in [-0.05, 0) is 55.3 Å². The van der Waals surface area contributed by atoms with E-state index in [2.05, 4.69) is 15.5 Å². The average molecular weight is 443 g/mol. The normalized spacial score (nSPS) is 14.4. The fraction of sp³-hybridized carbons (Fsp3) is 0.318. The van der Waals surface area contributed by atoms with Crippen molar-refractivity contribution in [3.63, 3.8) is 0 Å². The average Bonchev–Trinajstić information content (AvgIpc) is 3.30. The Balaban J connectivity index is 1.33. The van der Waals surface area contributed by atoms with E-state index in [9.17, 15) is 4.79 Å². The van der Waals surface area contributed by atoms with Crippen molar-refractivity contribution < 1.29 is 18.8 Å². The molecule has 3 aromatic rings. The van der Waals surface area contributed by atoms with Gasteiger partial charge in [-0.2, -0.15) is 4.98 Å². The monoisotopic (exact) mass is 442 g/mol. The molecule has 9 heteroatoms. The second kappa shape index (κ2) is 9.26. The van der Waals surface area contributed by atoms with E-state index in [0.29, 0.717) is 54.2 Å². The molecule has 0 unspecified atom stereocenters. The number of halogens is 1. The molecule has 0 radical (unpaired) electrons. The summed E-state index contributed by atoms with van der Waals surface area (Å²) in [6.45, 7) is 1.32. The lowest BCUT2D eigenvalue weighted by atomic mass is 9.96. The van der Waals surface area contributed by atoms with Crippen LogP contribution in [-0.4, -0.2) is 43.4 Å². The summed E-state index contributed by atoms with van der Waals surface area (Å²) in [5.74, 6) is 1.74. The quantitative estimate of drug-likeness (QED) is 0.609. The zero-order chi connectivity index (χ0) is 21.8. The Kier molecular flexibility index (Phi) is 6.27. The molecule has 4 rings (SSSR count). The van der Waals surface area contributed by atoms with Gasteiger partial charge in [-0.3, -0.25) is 4.79 Å². The largest absolute Gasteiger partial charge is 0.497 e. The molecule has 1 N–H and O–H groups in total. The molecule has 2 heterocycles. The zero-order valence-electron chi connectivity index (χ0n) is 17.3. The fourth-order valence-electron chi connectivity index (χ4n) is 3.52. The van der Waals surface area contributed by atoms with E-state index in [4.69, 9.17) is 25.6 Å². The van der Waals surface area contributed by atoms with Crippen LogP contribution in [0.4, 0.5) is 11.7 Å². The number of ether oxygens (including phenoxy) is 2. The Hall–Kier alpha value is -3.26. The summed E-state index contributed by atoms with van der Waals surface area (Å²) < 4.78 is 15.8. The molecule has 1 aliphatic rings.